The maximum absolute atomic E-state index is 6.39. The van der Waals surface area contributed by atoms with Crippen molar-refractivity contribution in [1.82, 2.24) is 0 Å². The molecule has 1 fully saturated rings. The first-order chi connectivity index (χ1) is 8.83. The number of hydrogen-bond donors (Lipinski definition) is 1. The van der Waals surface area contributed by atoms with Crippen LogP contribution in [0.15, 0.2) is 24.3 Å². The first-order valence-corrected chi connectivity index (χ1v) is 6.79. The second-order valence-electron chi connectivity index (χ2n) is 4.95. The van der Waals surface area contributed by atoms with Gasteiger partial charge in [0.05, 0.1) is 6.61 Å². The van der Waals surface area contributed by atoms with E-state index in [1.165, 1.54) is 25.7 Å². The smallest absolute Gasteiger partial charge is 0.124 e. The molecular weight excluding hydrogens is 226 g/mol. The van der Waals surface area contributed by atoms with Crippen LogP contribution in [-0.4, -0.2) is 20.3 Å². The van der Waals surface area contributed by atoms with Crippen LogP contribution in [0, 0.1) is 5.92 Å². The number of ether oxygens (including phenoxy) is 2. The van der Waals surface area contributed by atoms with Crippen molar-refractivity contribution in [3.63, 3.8) is 0 Å². The number of para-hydroxylation sites is 1. The van der Waals surface area contributed by atoms with Crippen LogP contribution in [0.25, 0.3) is 0 Å². The van der Waals surface area contributed by atoms with Crippen molar-refractivity contribution >= 4 is 0 Å². The molecular formula is C15H23NO2. The van der Waals surface area contributed by atoms with Gasteiger partial charge >= 0.3 is 0 Å². The van der Waals surface area contributed by atoms with Crippen LogP contribution in [0.3, 0.4) is 0 Å². The maximum Gasteiger partial charge on any atom is 0.124 e. The van der Waals surface area contributed by atoms with Gasteiger partial charge in [0.15, 0.2) is 0 Å². The average Bonchev–Trinajstić information content (AvgIpc) is 2.93. The summed E-state index contributed by atoms with van der Waals surface area (Å²) < 4.78 is 10.8. The van der Waals surface area contributed by atoms with Crippen molar-refractivity contribution in [2.45, 2.75) is 31.7 Å². The Morgan fingerprint density at radius 3 is 2.67 bits per heavy atom. The van der Waals surface area contributed by atoms with E-state index < -0.39 is 0 Å². The number of methoxy groups -OCH3 is 1. The van der Waals surface area contributed by atoms with Gasteiger partial charge in [-0.15, -0.1) is 0 Å². The van der Waals surface area contributed by atoms with Gasteiger partial charge in [-0.2, -0.15) is 0 Å². The van der Waals surface area contributed by atoms with Gasteiger partial charge in [-0.3, -0.25) is 0 Å². The molecule has 0 bridgehead atoms. The summed E-state index contributed by atoms with van der Waals surface area (Å²) >= 11 is 0. The summed E-state index contributed by atoms with van der Waals surface area (Å²) in [6.45, 7) is 1.18. The van der Waals surface area contributed by atoms with Crippen molar-refractivity contribution in [2.75, 3.05) is 20.3 Å². The lowest BCUT2D eigenvalue weighted by Gasteiger charge is -2.22. The molecule has 100 valence electrons. The third-order valence-electron chi connectivity index (χ3n) is 3.73. The summed E-state index contributed by atoms with van der Waals surface area (Å²) in [5, 5.41) is 0. The number of nitrogens with two attached hydrogens (primary N) is 1. The molecule has 2 rings (SSSR count). The lowest BCUT2D eigenvalue weighted by Crippen LogP contribution is -2.20. The average molecular weight is 249 g/mol. The first kappa shape index (κ1) is 13.4. The largest absolute Gasteiger partial charge is 0.491 e. The highest BCUT2D eigenvalue weighted by atomic mass is 16.5. The van der Waals surface area contributed by atoms with Gasteiger partial charge in [-0.25, -0.2) is 0 Å². The van der Waals surface area contributed by atoms with Crippen LogP contribution >= 0.6 is 0 Å². The Labute approximate surface area is 109 Å². The molecule has 2 N–H and O–H groups in total. The van der Waals surface area contributed by atoms with Crippen molar-refractivity contribution in [1.29, 1.82) is 0 Å². The molecule has 3 heteroatoms. The van der Waals surface area contributed by atoms with E-state index in [0.717, 1.165) is 11.3 Å². The normalized spacial score (nSPS) is 17.9. The molecule has 1 unspecified atom stereocenters. The van der Waals surface area contributed by atoms with Gasteiger partial charge in [0.2, 0.25) is 0 Å². The third kappa shape index (κ3) is 3.24. The minimum atomic E-state index is 0.103. The highest BCUT2D eigenvalue weighted by Gasteiger charge is 2.25. The van der Waals surface area contributed by atoms with Crippen molar-refractivity contribution < 1.29 is 9.47 Å². The van der Waals surface area contributed by atoms with Crippen molar-refractivity contribution in [2.24, 2.45) is 11.7 Å². The van der Waals surface area contributed by atoms with Gasteiger partial charge in [0.1, 0.15) is 12.4 Å². The molecule has 0 aromatic heterocycles. The highest BCUT2D eigenvalue weighted by Crippen LogP contribution is 2.37. The lowest BCUT2D eigenvalue weighted by atomic mass is 9.92. The minimum absolute atomic E-state index is 0.103. The molecule has 0 heterocycles. The molecule has 1 saturated carbocycles. The Morgan fingerprint density at radius 1 is 1.22 bits per heavy atom. The Kier molecular flexibility index (Phi) is 5.02. The van der Waals surface area contributed by atoms with E-state index in [1.54, 1.807) is 7.11 Å². The lowest BCUT2D eigenvalue weighted by molar-refractivity contribution is 0.145. The van der Waals surface area contributed by atoms with Gasteiger partial charge in [-0.1, -0.05) is 31.0 Å². The molecule has 0 amide bonds. The van der Waals surface area contributed by atoms with Gasteiger partial charge in [0, 0.05) is 18.7 Å². The van der Waals surface area contributed by atoms with Crippen LogP contribution in [0.5, 0.6) is 5.75 Å². The summed E-state index contributed by atoms with van der Waals surface area (Å²) in [6.07, 6.45) is 5.11. The molecule has 0 spiro atoms. The Bertz CT molecular complexity index is 361. The van der Waals surface area contributed by atoms with E-state index in [9.17, 15) is 0 Å². The molecule has 1 aromatic carbocycles. The molecule has 1 atom stereocenters. The molecule has 3 nitrogen and oxygen atoms in total. The predicted octanol–water partition coefficient (Wildman–Crippen LogP) is 2.90. The van der Waals surface area contributed by atoms with Gasteiger partial charge in [-0.05, 0) is 24.8 Å². The fourth-order valence-electron chi connectivity index (χ4n) is 2.69. The topological polar surface area (TPSA) is 44.5 Å². The summed E-state index contributed by atoms with van der Waals surface area (Å²) in [4.78, 5) is 0. The Balaban J connectivity index is 2.05. The molecule has 18 heavy (non-hydrogen) atoms. The third-order valence-corrected chi connectivity index (χ3v) is 3.73. The van der Waals surface area contributed by atoms with Crippen molar-refractivity contribution in [3.05, 3.63) is 29.8 Å². The highest BCUT2D eigenvalue weighted by molar-refractivity contribution is 5.36. The summed E-state index contributed by atoms with van der Waals surface area (Å²) in [5.74, 6) is 1.52. The fourth-order valence-corrected chi connectivity index (χ4v) is 2.69. The fraction of sp³-hybridized carbons (Fsp3) is 0.600. The second-order valence-corrected chi connectivity index (χ2v) is 4.95. The van der Waals surface area contributed by atoms with Crippen LogP contribution in [-0.2, 0) is 4.74 Å². The monoisotopic (exact) mass is 249 g/mol. The quantitative estimate of drug-likeness (QED) is 0.788. The minimum Gasteiger partial charge on any atom is -0.491 e. The molecule has 1 aliphatic carbocycles. The zero-order valence-corrected chi connectivity index (χ0v) is 11.1. The van der Waals surface area contributed by atoms with Crippen LogP contribution in [0.2, 0.25) is 0 Å². The van der Waals surface area contributed by atoms with Crippen LogP contribution < -0.4 is 10.5 Å². The number of rotatable bonds is 6. The molecule has 1 aromatic rings. The molecule has 0 aliphatic heterocycles. The summed E-state index contributed by atoms with van der Waals surface area (Å²) in [6, 6.07) is 8.22. The van der Waals surface area contributed by atoms with Gasteiger partial charge < -0.3 is 15.2 Å². The summed E-state index contributed by atoms with van der Waals surface area (Å²) in [5.41, 5.74) is 7.53. The van der Waals surface area contributed by atoms with Crippen LogP contribution in [0.4, 0.5) is 0 Å². The van der Waals surface area contributed by atoms with Crippen LogP contribution in [0.1, 0.15) is 37.3 Å². The van der Waals surface area contributed by atoms with E-state index in [1.807, 2.05) is 18.2 Å². The summed E-state index contributed by atoms with van der Waals surface area (Å²) in [7, 11) is 1.68. The first-order valence-electron chi connectivity index (χ1n) is 6.79. The van der Waals surface area contributed by atoms with Gasteiger partial charge in [0.25, 0.3) is 0 Å². The van der Waals surface area contributed by atoms with Crippen molar-refractivity contribution in [3.8, 4) is 5.75 Å². The Hall–Kier alpha value is -1.06. The second kappa shape index (κ2) is 6.76. The van der Waals surface area contributed by atoms with E-state index in [2.05, 4.69) is 6.07 Å². The predicted molar refractivity (Wildman–Crippen MR) is 72.7 cm³/mol. The Morgan fingerprint density at radius 2 is 1.94 bits per heavy atom. The molecule has 1 aliphatic rings. The van der Waals surface area contributed by atoms with E-state index in [-0.39, 0.29) is 6.04 Å². The molecule has 0 saturated heterocycles. The molecule has 0 radical (unpaired) electrons. The number of hydrogen-bond acceptors (Lipinski definition) is 3. The zero-order chi connectivity index (χ0) is 12.8. The van der Waals surface area contributed by atoms with E-state index >= 15 is 0 Å². The maximum atomic E-state index is 6.39. The number of benzene rings is 1. The zero-order valence-electron chi connectivity index (χ0n) is 11.1. The SMILES string of the molecule is COCCOc1ccccc1C(N)C1CCCC1. The van der Waals surface area contributed by atoms with E-state index in [4.69, 9.17) is 15.2 Å². The standard InChI is InChI=1S/C15H23NO2/c1-17-10-11-18-14-9-5-4-8-13(14)15(16)12-6-2-3-7-12/h4-5,8-9,12,15H,2-3,6-7,10-11,16H2,1H3. The van der Waals surface area contributed by atoms with E-state index in [0.29, 0.717) is 19.1 Å².